The molecule has 1 atom stereocenters. The van der Waals surface area contributed by atoms with Gasteiger partial charge in [-0.15, -0.1) is 0 Å². The van der Waals surface area contributed by atoms with Crippen LogP contribution in [0.3, 0.4) is 0 Å². The molecule has 0 saturated carbocycles. The van der Waals surface area contributed by atoms with E-state index in [-0.39, 0.29) is 5.92 Å². The SMILES string of the molecule is O=C(C1CC=CCC1)N1CC=CCC1. The van der Waals surface area contributed by atoms with E-state index < -0.39 is 0 Å². The maximum Gasteiger partial charge on any atom is 0.226 e. The van der Waals surface area contributed by atoms with E-state index >= 15 is 0 Å². The van der Waals surface area contributed by atoms with Crippen LogP contribution in [0.15, 0.2) is 24.3 Å². The van der Waals surface area contributed by atoms with E-state index in [1.54, 1.807) is 0 Å². The zero-order chi connectivity index (χ0) is 9.80. The van der Waals surface area contributed by atoms with E-state index in [9.17, 15) is 4.79 Å². The average molecular weight is 191 g/mol. The van der Waals surface area contributed by atoms with Crippen LogP contribution >= 0.6 is 0 Å². The lowest BCUT2D eigenvalue weighted by atomic mass is 9.93. The van der Waals surface area contributed by atoms with E-state index in [4.69, 9.17) is 0 Å². The van der Waals surface area contributed by atoms with Gasteiger partial charge in [0.15, 0.2) is 0 Å². The predicted octanol–water partition coefficient (Wildman–Crippen LogP) is 2.13. The molecule has 0 spiro atoms. The fourth-order valence-electron chi connectivity index (χ4n) is 2.12. The molecule has 0 bridgehead atoms. The second kappa shape index (κ2) is 4.45. The largest absolute Gasteiger partial charge is 0.338 e. The summed E-state index contributed by atoms with van der Waals surface area (Å²) in [4.78, 5) is 14.0. The molecule has 0 saturated heterocycles. The monoisotopic (exact) mass is 191 g/mol. The second-order valence-electron chi connectivity index (χ2n) is 4.03. The van der Waals surface area contributed by atoms with Gasteiger partial charge < -0.3 is 4.90 Å². The Balaban J connectivity index is 1.93. The van der Waals surface area contributed by atoms with Crippen LogP contribution in [-0.2, 0) is 4.79 Å². The van der Waals surface area contributed by atoms with Crippen LogP contribution in [-0.4, -0.2) is 23.9 Å². The molecule has 1 amide bonds. The number of rotatable bonds is 1. The van der Waals surface area contributed by atoms with Crippen molar-refractivity contribution in [3.63, 3.8) is 0 Å². The second-order valence-corrected chi connectivity index (χ2v) is 4.03. The number of carbonyl (C=O) groups excluding carboxylic acids is 1. The predicted molar refractivity (Wildman–Crippen MR) is 56.8 cm³/mol. The van der Waals surface area contributed by atoms with Crippen LogP contribution in [0.5, 0.6) is 0 Å². The van der Waals surface area contributed by atoms with Gasteiger partial charge in [-0.1, -0.05) is 24.3 Å². The molecule has 1 aliphatic carbocycles. The smallest absolute Gasteiger partial charge is 0.226 e. The fraction of sp³-hybridized carbons (Fsp3) is 0.583. The molecule has 1 heterocycles. The minimum atomic E-state index is 0.256. The van der Waals surface area contributed by atoms with Gasteiger partial charge in [-0.25, -0.2) is 0 Å². The third-order valence-electron chi connectivity index (χ3n) is 2.99. The van der Waals surface area contributed by atoms with Crippen molar-refractivity contribution in [1.82, 2.24) is 4.90 Å². The zero-order valence-electron chi connectivity index (χ0n) is 8.48. The highest BCUT2D eigenvalue weighted by atomic mass is 16.2. The lowest BCUT2D eigenvalue weighted by Gasteiger charge is -2.28. The standard InChI is InChI=1S/C12H17NO/c14-12(11-7-3-1-4-8-11)13-9-5-2-6-10-13/h1-3,5,11H,4,6-10H2. The van der Waals surface area contributed by atoms with Gasteiger partial charge in [-0.2, -0.15) is 0 Å². The molecule has 2 aliphatic rings. The molecule has 1 unspecified atom stereocenters. The summed E-state index contributed by atoms with van der Waals surface area (Å²) >= 11 is 0. The van der Waals surface area contributed by atoms with E-state index in [0.717, 1.165) is 38.8 Å². The summed E-state index contributed by atoms with van der Waals surface area (Å²) in [6.45, 7) is 1.73. The highest BCUT2D eigenvalue weighted by Crippen LogP contribution is 2.21. The highest BCUT2D eigenvalue weighted by Gasteiger charge is 2.23. The molecule has 0 radical (unpaired) electrons. The molecule has 0 aromatic rings. The van der Waals surface area contributed by atoms with Crippen LogP contribution in [0.25, 0.3) is 0 Å². The number of amides is 1. The van der Waals surface area contributed by atoms with Gasteiger partial charge in [-0.05, 0) is 25.7 Å². The number of nitrogens with zero attached hydrogens (tertiary/aromatic N) is 1. The number of hydrogen-bond acceptors (Lipinski definition) is 1. The molecule has 2 nitrogen and oxygen atoms in total. The van der Waals surface area contributed by atoms with Crippen LogP contribution in [0.1, 0.15) is 25.7 Å². The Hall–Kier alpha value is -1.05. The molecule has 0 fully saturated rings. The third kappa shape index (κ3) is 2.06. The first kappa shape index (κ1) is 9.50. The summed E-state index contributed by atoms with van der Waals surface area (Å²) in [5.41, 5.74) is 0. The molecule has 2 rings (SSSR count). The van der Waals surface area contributed by atoms with E-state index in [0.29, 0.717) is 5.91 Å². The Morgan fingerprint density at radius 1 is 1.14 bits per heavy atom. The van der Waals surface area contributed by atoms with Gasteiger partial charge in [0.05, 0.1) is 0 Å². The van der Waals surface area contributed by atoms with Crippen molar-refractivity contribution in [2.75, 3.05) is 13.1 Å². The number of allylic oxidation sites excluding steroid dienone is 2. The highest BCUT2D eigenvalue weighted by molar-refractivity contribution is 5.79. The van der Waals surface area contributed by atoms with Gasteiger partial charge >= 0.3 is 0 Å². The van der Waals surface area contributed by atoms with Crippen LogP contribution in [0.4, 0.5) is 0 Å². The molecule has 0 aromatic heterocycles. The van der Waals surface area contributed by atoms with Crippen molar-refractivity contribution < 1.29 is 4.79 Å². The molecule has 2 heteroatoms. The van der Waals surface area contributed by atoms with Crippen molar-refractivity contribution in [2.24, 2.45) is 5.92 Å². The Labute approximate surface area is 85.3 Å². The van der Waals surface area contributed by atoms with Crippen LogP contribution in [0.2, 0.25) is 0 Å². The quantitative estimate of drug-likeness (QED) is 0.581. The molecule has 1 aliphatic heterocycles. The average Bonchev–Trinajstić information content (AvgIpc) is 2.30. The maximum absolute atomic E-state index is 12.0. The van der Waals surface area contributed by atoms with Crippen molar-refractivity contribution in [2.45, 2.75) is 25.7 Å². The Morgan fingerprint density at radius 3 is 2.64 bits per heavy atom. The van der Waals surface area contributed by atoms with Gasteiger partial charge in [-0.3, -0.25) is 4.79 Å². The van der Waals surface area contributed by atoms with Gasteiger partial charge in [0.25, 0.3) is 0 Å². The maximum atomic E-state index is 12.0. The Bertz CT molecular complexity index is 241. The van der Waals surface area contributed by atoms with E-state index in [2.05, 4.69) is 24.3 Å². The third-order valence-corrected chi connectivity index (χ3v) is 2.99. The van der Waals surface area contributed by atoms with Crippen molar-refractivity contribution in [3.05, 3.63) is 24.3 Å². The van der Waals surface area contributed by atoms with E-state index in [1.165, 1.54) is 0 Å². The molecule has 0 aromatic carbocycles. The van der Waals surface area contributed by atoms with Crippen molar-refractivity contribution in [3.8, 4) is 0 Å². The molecular formula is C12H17NO. The molecule has 76 valence electrons. The molecule has 0 N–H and O–H groups in total. The van der Waals surface area contributed by atoms with Gasteiger partial charge in [0.1, 0.15) is 0 Å². The van der Waals surface area contributed by atoms with Crippen LogP contribution in [0, 0.1) is 5.92 Å². The molecular weight excluding hydrogens is 174 g/mol. The Morgan fingerprint density at radius 2 is 2.00 bits per heavy atom. The molecule has 14 heavy (non-hydrogen) atoms. The minimum Gasteiger partial charge on any atom is -0.338 e. The summed E-state index contributed by atoms with van der Waals surface area (Å²) in [7, 11) is 0. The normalized spacial score (nSPS) is 26.6. The van der Waals surface area contributed by atoms with Crippen LogP contribution < -0.4 is 0 Å². The summed E-state index contributed by atoms with van der Waals surface area (Å²) in [6, 6.07) is 0. The van der Waals surface area contributed by atoms with Gasteiger partial charge in [0, 0.05) is 19.0 Å². The number of carbonyl (C=O) groups is 1. The van der Waals surface area contributed by atoms with E-state index in [1.807, 2.05) is 4.90 Å². The van der Waals surface area contributed by atoms with Crippen molar-refractivity contribution in [1.29, 1.82) is 0 Å². The lowest BCUT2D eigenvalue weighted by molar-refractivity contribution is -0.135. The first-order valence-electron chi connectivity index (χ1n) is 5.47. The Kier molecular flexibility index (Phi) is 3.02. The summed E-state index contributed by atoms with van der Waals surface area (Å²) < 4.78 is 0. The summed E-state index contributed by atoms with van der Waals surface area (Å²) in [5.74, 6) is 0.616. The van der Waals surface area contributed by atoms with Crippen molar-refractivity contribution >= 4 is 5.91 Å². The topological polar surface area (TPSA) is 20.3 Å². The lowest BCUT2D eigenvalue weighted by Crippen LogP contribution is -2.38. The summed E-state index contributed by atoms with van der Waals surface area (Å²) in [6.07, 6.45) is 12.7. The van der Waals surface area contributed by atoms with Gasteiger partial charge in [0.2, 0.25) is 5.91 Å². The zero-order valence-corrected chi connectivity index (χ0v) is 8.48. The minimum absolute atomic E-state index is 0.256. The fourth-order valence-corrected chi connectivity index (χ4v) is 2.12. The summed E-state index contributed by atoms with van der Waals surface area (Å²) in [5, 5.41) is 0. The number of hydrogen-bond donors (Lipinski definition) is 0. The first-order chi connectivity index (χ1) is 6.88. The first-order valence-corrected chi connectivity index (χ1v) is 5.47.